The third-order valence-corrected chi connectivity index (χ3v) is 4.16. The van der Waals surface area contributed by atoms with Crippen LogP contribution in [0.1, 0.15) is 46.1 Å². The van der Waals surface area contributed by atoms with Crippen LogP contribution in [0, 0.1) is 0 Å². The van der Waals surface area contributed by atoms with Crippen LogP contribution in [0.3, 0.4) is 0 Å². The lowest BCUT2D eigenvalue weighted by molar-refractivity contribution is 0.0946. The lowest BCUT2D eigenvalue weighted by atomic mass is 9.88. The molecule has 2 N–H and O–H groups in total. The summed E-state index contributed by atoms with van der Waals surface area (Å²) in [4.78, 5) is 12.2. The molecule has 1 amide bonds. The van der Waals surface area contributed by atoms with Crippen molar-refractivity contribution in [1.82, 2.24) is 15.5 Å². The monoisotopic (exact) mass is 279 g/mol. The highest BCUT2D eigenvalue weighted by molar-refractivity contribution is 5.96. The van der Waals surface area contributed by atoms with Crippen molar-refractivity contribution in [2.24, 2.45) is 0 Å². The van der Waals surface area contributed by atoms with E-state index in [2.05, 4.69) is 45.9 Å². The van der Waals surface area contributed by atoms with Crippen molar-refractivity contribution >= 4 is 12.0 Å². The SMILES string of the molecule is O=C(NC1CC1)c1n[nH]c2c1C=CC(c1ccccc1)C2. The van der Waals surface area contributed by atoms with E-state index in [9.17, 15) is 4.79 Å². The number of rotatable bonds is 3. The summed E-state index contributed by atoms with van der Waals surface area (Å²) in [6.07, 6.45) is 7.23. The maximum atomic E-state index is 12.2. The normalized spacial score (nSPS) is 20.1. The Morgan fingerprint density at radius 2 is 2.05 bits per heavy atom. The van der Waals surface area contributed by atoms with Crippen LogP contribution in [0.25, 0.3) is 6.08 Å². The Morgan fingerprint density at radius 3 is 2.81 bits per heavy atom. The van der Waals surface area contributed by atoms with Gasteiger partial charge in [-0.05, 0) is 18.4 Å². The summed E-state index contributed by atoms with van der Waals surface area (Å²) >= 11 is 0. The number of aromatic amines is 1. The zero-order valence-electron chi connectivity index (χ0n) is 11.7. The average molecular weight is 279 g/mol. The van der Waals surface area contributed by atoms with Gasteiger partial charge in [-0.1, -0.05) is 42.5 Å². The summed E-state index contributed by atoms with van der Waals surface area (Å²) in [6.45, 7) is 0. The molecule has 4 nitrogen and oxygen atoms in total. The minimum atomic E-state index is -0.0576. The molecule has 1 aromatic heterocycles. The van der Waals surface area contributed by atoms with Gasteiger partial charge in [0.25, 0.3) is 5.91 Å². The number of fused-ring (bicyclic) bond motifs is 1. The van der Waals surface area contributed by atoms with Gasteiger partial charge in [0.15, 0.2) is 5.69 Å². The lowest BCUT2D eigenvalue weighted by Crippen LogP contribution is -2.26. The largest absolute Gasteiger partial charge is 0.348 e. The smallest absolute Gasteiger partial charge is 0.272 e. The number of aromatic nitrogens is 2. The number of amides is 1. The molecular weight excluding hydrogens is 262 g/mol. The van der Waals surface area contributed by atoms with Gasteiger partial charge in [0, 0.05) is 29.6 Å². The van der Waals surface area contributed by atoms with Gasteiger partial charge < -0.3 is 5.32 Å². The summed E-state index contributed by atoms with van der Waals surface area (Å²) in [6, 6.07) is 10.8. The van der Waals surface area contributed by atoms with Gasteiger partial charge in [-0.2, -0.15) is 5.10 Å². The molecule has 0 bridgehead atoms. The summed E-state index contributed by atoms with van der Waals surface area (Å²) in [5.41, 5.74) is 3.81. The lowest BCUT2D eigenvalue weighted by Gasteiger charge is -2.17. The number of carbonyl (C=O) groups excluding carboxylic acids is 1. The molecule has 4 heteroatoms. The van der Waals surface area contributed by atoms with Gasteiger partial charge in [-0.3, -0.25) is 9.89 Å². The standard InChI is InChI=1S/C17H17N3O/c21-17(18-13-7-8-13)16-14-9-6-12(10-15(14)19-20-16)11-4-2-1-3-5-11/h1-6,9,12-13H,7-8,10H2,(H,18,21)(H,19,20). The van der Waals surface area contributed by atoms with Crippen LogP contribution in [-0.2, 0) is 6.42 Å². The van der Waals surface area contributed by atoms with Gasteiger partial charge in [0.2, 0.25) is 0 Å². The van der Waals surface area contributed by atoms with E-state index in [4.69, 9.17) is 0 Å². The van der Waals surface area contributed by atoms with E-state index in [1.165, 1.54) is 5.56 Å². The van der Waals surface area contributed by atoms with Crippen LogP contribution >= 0.6 is 0 Å². The summed E-state index contributed by atoms with van der Waals surface area (Å²) in [5.74, 6) is 0.288. The molecular formula is C17H17N3O. The molecule has 0 aliphatic heterocycles. The molecule has 1 saturated carbocycles. The number of benzene rings is 1. The first-order chi connectivity index (χ1) is 10.3. The highest BCUT2D eigenvalue weighted by atomic mass is 16.2. The second kappa shape index (κ2) is 4.88. The molecule has 2 aliphatic rings. The average Bonchev–Trinajstić information content (AvgIpc) is 3.23. The van der Waals surface area contributed by atoms with Gasteiger partial charge in [-0.15, -0.1) is 0 Å². The molecule has 4 rings (SSSR count). The van der Waals surface area contributed by atoms with Crippen molar-refractivity contribution < 1.29 is 4.79 Å². The van der Waals surface area contributed by atoms with E-state index in [1.807, 2.05) is 12.1 Å². The Hall–Kier alpha value is -2.36. The molecule has 1 heterocycles. The first kappa shape index (κ1) is 12.4. The van der Waals surface area contributed by atoms with Crippen LogP contribution in [0.2, 0.25) is 0 Å². The van der Waals surface area contributed by atoms with E-state index in [-0.39, 0.29) is 5.91 Å². The molecule has 2 aromatic rings. The Labute approximate surface area is 123 Å². The first-order valence-corrected chi connectivity index (χ1v) is 7.42. The van der Waals surface area contributed by atoms with Crippen molar-refractivity contribution in [3.05, 3.63) is 58.9 Å². The van der Waals surface area contributed by atoms with Crippen LogP contribution in [-0.4, -0.2) is 22.1 Å². The minimum absolute atomic E-state index is 0.0576. The third kappa shape index (κ3) is 2.37. The molecule has 1 unspecified atom stereocenters. The van der Waals surface area contributed by atoms with E-state index in [0.29, 0.717) is 17.7 Å². The summed E-state index contributed by atoms with van der Waals surface area (Å²) in [5, 5.41) is 10.3. The highest BCUT2D eigenvalue weighted by Gasteiger charge is 2.28. The Balaban J connectivity index is 1.58. The minimum Gasteiger partial charge on any atom is -0.348 e. The predicted molar refractivity (Wildman–Crippen MR) is 81.0 cm³/mol. The van der Waals surface area contributed by atoms with Gasteiger partial charge in [0.1, 0.15) is 0 Å². The molecule has 2 aliphatic carbocycles. The molecule has 0 radical (unpaired) electrons. The predicted octanol–water partition coefficient (Wildman–Crippen LogP) is 2.66. The number of carbonyl (C=O) groups is 1. The first-order valence-electron chi connectivity index (χ1n) is 7.42. The second-order valence-electron chi connectivity index (χ2n) is 5.79. The topological polar surface area (TPSA) is 57.8 Å². The van der Waals surface area contributed by atoms with Crippen molar-refractivity contribution in [1.29, 1.82) is 0 Å². The molecule has 0 saturated heterocycles. The fourth-order valence-electron chi connectivity index (χ4n) is 2.81. The van der Waals surface area contributed by atoms with Crippen LogP contribution < -0.4 is 5.32 Å². The third-order valence-electron chi connectivity index (χ3n) is 4.16. The Kier molecular flexibility index (Phi) is 2.88. The number of hydrogen-bond acceptors (Lipinski definition) is 2. The van der Waals surface area contributed by atoms with E-state index < -0.39 is 0 Å². The fraction of sp³-hybridized carbons (Fsp3) is 0.294. The highest BCUT2D eigenvalue weighted by Crippen LogP contribution is 2.30. The zero-order valence-corrected chi connectivity index (χ0v) is 11.7. The number of allylic oxidation sites excluding steroid dienone is 1. The number of H-pyrrole nitrogens is 1. The van der Waals surface area contributed by atoms with Gasteiger partial charge in [-0.25, -0.2) is 0 Å². The van der Waals surface area contributed by atoms with E-state index in [1.54, 1.807) is 0 Å². The van der Waals surface area contributed by atoms with E-state index >= 15 is 0 Å². The number of nitrogens with zero attached hydrogens (tertiary/aromatic N) is 1. The Bertz CT molecular complexity index is 698. The second-order valence-corrected chi connectivity index (χ2v) is 5.79. The van der Waals surface area contributed by atoms with Crippen LogP contribution in [0.5, 0.6) is 0 Å². The molecule has 21 heavy (non-hydrogen) atoms. The molecule has 106 valence electrons. The maximum Gasteiger partial charge on any atom is 0.272 e. The molecule has 0 spiro atoms. The molecule has 1 fully saturated rings. The fourth-order valence-corrected chi connectivity index (χ4v) is 2.81. The molecule has 1 aromatic carbocycles. The quantitative estimate of drug-likeness (QED) is 0.907. The van der Waals surface area contributed by atoms with Crippen molar-refractivity contribution in [2.45, 2.75) is 31.2 Å². The van der Waals surface area contributed by atoms with Crippen LogP contribution in [0.15, 0.2) is 36.4 Å². The van der Waals surface area contributed by atoms with E-state index in [0.717, 1.165) is 30.5 Å². The zero-order chi connectivity index (χ0) is 14.2. The Morgan fingerprint density at radius 1 is 1.24 bits per heavy atom. The number of hydrogen-bond donors (Lipinski definition) is 2. The number of nitrogens with one attached hydrogen (secondary N) is 2. The van der Waals surface area contributed by atoms with Gasteiger partial charge >= 0.3 is 0 Å². The summed E-state index contributed by atoms with van der Waals surface area (Å²) in [7, 11) is 0. The van der Waals surface area contributed by atoms with Crippen molar-refractivity contribution in [3.63, 3.8) is 0 Å². The van der Waals surface area contributed by atoms with Gasteiger partial charge in [0.05, 0.1) is 0 Å². The molecule has 1 atom stereocenters. The van der Waals surface area contributed by atoms with Crippen molar-refractivity contribution in [3.8, 4) is 0 Å². The maximum absolute atomic E-state index is 12.2. The van der Waals surface area contributed by atoms with Crippen molar-refractivity contribution in [2.75, 3.05) is 0 Å². The summed E-state index contributed by atoms with van der Waals surface area (Å²) < 4.78 is 0. The van der Waals surface area contributed by atoms with Crippen LogP contribution in [0.4, 0.5) is 0 Å².